The van der Waals surface area contributed by atoms with E-state index in [1.165, 1.54) is 12.8 Å². The maximum absolute atomic E-state index is 12.1. The van der Waals surface area contributed by atoms with Crippen LogP contribution in [0.1, 0.15) is 28.8 Å². The molecule has 0 saturated carbocycles. The van der Waals surface area contributed by atoms with E-state index in [-0.39, 0.29) is 5.91 Å². The number of benzene rings is 1. The number of nitriles is 1. The van der Waals surface area contributed by atoms with Gasteiger partial charge in [0.05, 0.1) is 29.7 Å². The van der Waals surface area contributed by atoms with Crippen LogP contribution in [0.5, 0.6) is 0 Å². The number of carbonyl (C=O) groups excluding carboxylic acids is 1. The minimum Gasteiger partial charge on any atom is -0.341 e. The third-order valence-electron chi connectivity index (χ3n) is 3.56. The number of carbonyl (C=O) groups is 1. The Morgan fingerprint density at radius 1 is 1.14 bits per heavy atom. The van der Waals surface area contributed by atoms with Crippen LogP contribution in [-0.4, -0.2) is 29.0 Å². The van der Waals surface area contributed by atoms with Crippen LogP contribution in [0.3, 0.4) is 0 Å². The van der Waals surface area contributed by atoms with E-state index in [4.69, 9.17) is 5.26 Å². The maximum atomic E-state index is 12.1. The molecule has 2 aromatic rings. The van der Waals surface area contributed by atoms with Gasteiger partial charge in [-0.15, -0.1) is 0 Å². The van der Waals surface area contributed by atoms with Crippen molar-refractivity contribution in [2.75, 3.05) is 23.3 Å². The molecule has 3 rings (SSSR count). The Morgan fingerprint density at radius 3 is 2.36 bits per heavy atom. The highest BCUT2D eigenvalue weighted by atomic mass is 16.1. The first kappa shape index (κ1) is 14.0. The third-order valence-corrected chi connectivity index (χ3v) is 3.56. The van der Waals surface area contributed by atoms with Crippen molar-refractivity contribution in [2.24, 2.45) is 0 Å². The van der Waals surface area contributed by atoms with Crippen LogP contribution in [0, 0.1) is 11.3 Å². The molecule has 2 heterocycles. The predicted octanol–water partition coefficient (Wildman–Crippen LogP) is 2.20. The highest BCUT2D eigenvalue weighted by molar-refractivity contribution is 6.04. The van der Waals surface area contributed by atoms with Gasteiger partial charge < -0.3 is 10.2 Å². The summed E-state index contributed by atoms with van der Waals surface area (Å²) in [5.41, 5.74) is 1.56. The second kappa shape index (κ2) is 6.22. The van der Waals surface area contributed by atoms with Crippen LogP contribution in [0.2, 0.25) is 0 Å². The van der Waals surface area contributed by atoms with Crippen LogP contribution in [0.15, 0.2) is 36.7 Å². The standard InChI is InChI=1S/C16H15N5O/c17-9-12-3-5-13(6-4-12)15(22)20-14-10-18-16(19-11-14)21-7-1-2-8-21/h3-6,10-11H,1-2,7-8H2,(H,20,22). The molecule has 0 atom stereocenters. The number of rotatable bonds is 3. The summed E-state index contributed by atoms with van der Waals surface area (Å²) in [6, 6.07) is 8.48. The zero-order valence-corrected chi connectivity index (χ0v) is 12.0. The van der Waals surface area contributed by atoms with E-state index in [0.717, 1.165) is 13.1 Å². The smallest absolute Gasteiger partial charge is 0.255 e. The van der Waals surface area contributed by atoms with Crippen LogP contribution >= 0.6 is 0 Å². The fourth-order valence-corrected chi connectivity index (χ4v) is 2.37. The van der Waals surface area contributed by atoms with E-state index in [1.807, 2.05) is 6.07 Å². The van der Waals surface area contributed by atoms with Crippen LogP contribution in [0.4, 0.5) is 11.6 Å². The van der Waals surface area contributed by atoms with Crippen molar-refractivity contribution in [2.45, 2.75) is 12.8 Å². The van der Waals surface area contributed by atoms with Crippen molar-refractivity contribution in [1.82, 2.24) is 9.97 Å². The van der Waals surface area contributed by atoms with Gasteiger partial charge in [0.15, 0.2) is 0 Å². The molecule has 6 nitrogen and oxygen atoms in total. The Kier molecular flexibility index (Phi) is 3.97. The third kappa shape index (κ3) is 3.04. The lowest BCUT2D eigenvalue weighted by Crippen LogP contribution is -2.20. The average molecular weight is 293 g/mol. The number of anilines is 2. The maximum Gasteiger partial charge on any atom is 0.255 e. The SMILES string of the molecule is N#Cc1ccc(C(=O)Nc2cnc(N3CCCC3)nc2)cc1. The Balaban J connectivity index is 1.66. The van der Waals surface area contributed by atoms with Crippen molar-refractivity contribution in [1.29, 1.82) is 5.26 Å². The van der Waals surface area contributed by atoms with Gasteiger partial charge in [-0.25, -0.2) is 9.97 Å². The molecule has 1 N–H and O–H groups in total. The topological polar surface area (TPSA) is 81.9 Å². The second-order valence-electron chi connectivity index (χ2n) is 5.11. The molecule has 22 heavy (non-hydrogen) atoms. The molecule has 1 saturated heterocycles. The van der Waals surface area contributed by atoms with Gasteiger partial charge in [0.25, 0.3) is 5.91 Å². The summed E-state index contributed by atoms with van der Waals surface area (Å²) < 4.78 is 0. The largest absolute Gasteiger partial charge is 0.341 e. The van der Waals surface area contributed by atoms with Crippen molar-refractivity contribution >= 4 is 17.5 Å². The highest BCUT2D eigenvalue weighted by Gasteiger charge is 2.14. The fraction of sp³-hybridized carbons (Fsp3) is 0.250. The Bertz CT molecular complexity index is 697. The van der Waals surface area contributed by atoms with E-state index in [2.05, 4.69) is 20.2 Å². The summed E-state index contributed by atoms with van der Waals surface area (Å²) >= 11 is 0. The van der Waals surface area contributed by atoms with Gasteiger partial charge in [-0.3, -0.25) is 4.79 Å². The van der Waals surface area contributed by atoms with E-state index in [0.29, 0.717) is 22.8 Å². The molecule has 0 aliphatic carbocycles. The lowest BCUT2D eigenvalue weighted by atomic mass is 10.1. The molecule has 0 bridgehead atoms. The van der Waals surface area contributed by atoms with Gasteiger partial charge >= 0.3 is 0 Å². The summed E-state index contributed by atoms with van der Waals surface area (Å²) in [7, 11) is 0. The number of aromatic nitrogens is 2. The van der Waals surface area contributed by atoms with E-state index in [9.17, 15) is 4.79 Å². The lowest BCUT2D eigenvalue weighted by Gasteiger charge is -2.14. The lowest BCUT2D eigenvalue weighted by molar-refractivity contribution is 0.102. The van der Waals surface area contributed by atoms with Gasteiger partial charge in [-0.05, 0) is 37.1 Å². The molecule has 1 aromatic heterocycles. The molecule has 1 amide bonds. The number of nitrogens with zero attached hydrogens (tertiary/aromatic N) is 4. The van der Waals surface area contributed by atoms with Gasteiger partial charge in [0.2, 0.25) is 5.95 Å². The highest BCUT2D eigenvalue weighted by Crippen LogP contribution is 2.16. The Hall–Kier alpha value is -2.94. The zero-order valence-electron chi connectivity index (χ0n) is 12.0. The monoisotopic (exact) mass is 293 g/mol. The quantitative estimate of drug-likeness (QED) is 0.938. The summed E-state index contributed by atoms with van der Waals surface area (Å²) in [6.07, 6.45) is 5.56. The first-order chi connectivity index (χ1) is 10.8. The van der Waals surface area contributed by atoms with Crippen molar-refractivity contribution in [3.63, 3.8) is 0 Å². The predicted molar refractivity (Wildman–Crippen MR) is 82.6 cm³/mol. The van der Waals surface area contributed by atoms with Crippen LogP contribution < -0.4 is 10.2 Å². The second-order valence-corrected chi connectivity index (χ2v) is 5.11. The number of amides is 1. The van der Waals surface area contributed by atoms with Gasteiger partial charge in [-0.2, -0.15) is 5.26 Å². The van der Waals surface area contributed by atoms with E-state index in [1.54, 1.807) is 36.7 Å². The average Bonchev–Trinajstić information content (AvgIpc) is 3.10. The normalized spacial score (nSPS) is 13.7. The fourth-order valence-electron chi connectivity index (χ4n) is 2.37. The minimum atomic E-state index is -0.248. The molecular weight excluding hydrogens is 278 g/mol. The zero-order chi connectivity index (χ0) is 15.4. The van der Waals surface area contributed by atoms with Gasteiger partial charge in [0.1, 0.15) is 0 Å². The first-order valence-electron chi connectivity index (χ1n) is 7.15. The Labute approximate surface area is 128 Å². The molecule has 1 aliphatic rings. The van der Waals surface area contributed by atoms with E-state index >= 15 is 0 Å². The molecule has 1 fully saturated rings. The summed E-state index contributed by atoms with van der Waals surface area (Å²) in [5, 5.41) is 11.5. The molecule has 0 radical (unpaired) electrons. The molecular formula is C16H15N5O. The summed E-state index contributed by atoms with van der Waals surface area (Å²) in [4.78, 5) is 22.8. The van der Waals surface area contributed by atoms with Crippen LogP contribution in [-0.2, 0) is 0 Å². The molecule has 110 valence electrons. The van der Waals surface area contributed by atoms with Gasteiger partial charge in [-0.1, -0.05) is 0 Å². The minimum absolute atomic E-state index is 0.248. The summed E-state index contributed by atoms with van der Waals surface area (Å²) in [5.74, 6) is 0.455. The van der Waals surface area contributed by atoms with E-state index < -0.39 is 0 Å². The van der Waals surface area contributed by atoms with Crippen molar-refractivity contribution in [3.05, 3.63) is 47.8 Å². The van der Waals surface area contributed by atoms with Crippen LogP contribution in [0.25, 0.3) is 0 Å². The molecule has 0 spiro atoms. The molecule has 1 aliphatic heterocycles. The summed E-state index contributed by atoms with van der Waals surface area (Å²) in [6.45, 7) is 1.97. The van der Waals surface area contributed by atoms with Crippen molar-refractivity contribution in [3.8, 4) is 6.07 Å². The number of hydrogen-bond acceptors (Lipinski definition) is 5. The molecule has 1 aromatic carbocycles. The molecule has 0 unspecified atom stereocenters. The first-order valence-corrected chi connectivity index (χ1v) is 7.15. The molecule has 6 heteroatoms. The van der Waals surface area contributed by atoms with Gasteiger partial charge in [0, 0.05) is 18.7 Å². The Morgan fingerprint density at radius 2 is 1.77 bits per heavy atom. The number of hydrogen-bond donors (Lipinski definition) is 1. The van der Waals surface area contributed by atoms with Crippen molar-refractivity contribution < 1.29 is 4.79 Å². The number of nitrogens with one attached hydrogen (secondary N) is 1.